The third-order valence-electron chi connectivity index (χ3n) is 3.50. The lowest BCUT2D eigenvalue weighted by molar-refractivity contribution is 0.468. The minimum absolute atomic E-state index is 0.171. The molecule has 2 nitrogen and oxygen atoms in total. The molecule has 2 rings (SSSR count). The fourth-order valence-electron chi connectivity index (χ4n) is 2.33. The van der Waals surface area contributed by atoms with Gasteiger partial charge in [-0.1, -0.05) is 13.8 Å². The van der Waals surface area contributed by atoms with Crippen LogP contribution in [0.3, 0.4) is 0 Å². The van der Waals surface area contributed by atoms with Gasteiger partial charge in [0.2, 0.25) is 0 Å². The normalized spacial score (nSPS) is 11.6. The minimum atomic E-state index is -0.171. The maximum Gasteiger partial charge on any atom is 0.123 e. The predicted octanol–water partition coefficient (Wildman–Crippen LogP) is 3.56. The molecule has 0 spiro atoms. The lowest BCUT2D eigenvalue weighted by Crippen LogP contribution is -2.30. The van der Waals surface area contributed by atoms with Gasteiger partial charge < -0.3 is 9.88 Å². The standard InChI is InChI=1S/C15H21FN2/c1-3-14(4-2)17-8-10-18-9-7-12-11-13(16)5-6-15(12)18/h5-7,9,11,14,17H,3-4,8,10H2,1-2H3. The lowest BCUT2D eigenvalue weighted by Gasteiger charge is -2.15. The van der Waals surface area contributed by atoms with Gasteiger partial charge in [-0.3, -0.25) is 0 Å². The molecule has 1 aromatic carbocycles. The zero-order valence-electron chi connectivity index (χ0n) is 11.1. The van der Waals surface area contributed by atoms with E-state index in [1.54, 1.807) is 6.07 Å². The summed E-state index contributed by atoms with van der Waals surface area (Å²) in [5, 5.41) is 4.51. The van der Waals surface area contributed by atoms with Gasteiger partial charge in [-0.2, -0.15) is 0 Å². The van der Waals surface area contributed by atoms with E-state index in [0.29, 0.717) is 6.04 Å². The van der Waals surface area contributed by atoms with Crippen molar-refractivity contribution < 1.29 is 4.39 Å². The van der Waals surface area contributed by atoms with Gasteiger partial charge in [-0.05, 0) is 37.1 Å². The Morgan fingerprint density at radius 2 is 2.00 bits per heavy atom. The first-order valence-electron chi connectivity index (χ1n) is 6.72. The van der Waals surface area contributed by atoms with Crippen molar-refractivity contribution in [1.82, 2.24) is 9.88 Å². The molecule has 0 aliphatic rings. The number of fused-ring (bicyclic) bond motifs is 1. The van der Waals surface area contributed by atoms with Gasteiger partial charge in [-0.25, -0.2) is 4.39 Å². The van der Waals surface area contributed by atoms with Gasteiger partial charge in [-0.15, -0.1) is 0 Å². The Morgan fingerprint density at radius 1 is 1.22 bits per heavy atom. The van der Waals surface area contributed by atoms with Crippen LogP contribution >= 0.6 is 0 Å². The molecule has 98 valence electrons. The summed E-state index contributed by atoms with van der Waals surface area (Å²) in [7, 11) is 0. The van der Waals surface area contributed by atoms with Gasteiger partial charge in [0.05, 0.1) is 0 Å². The molecule has 3 heteroatoms. The van der Waals surface area contributed by atoms with Gasteiger partial charge in [0.25, 0.3) is 0 Å². The van der Waals surface area contributed by atoms with E-state index in [-0.39, 0.29) is 5.82 Å². The highest BCUT2D eigenvalue weighted by Crippen LogP contribution is 2.16. The number of nitrogens with one attached hydrogen (secondary N) is 1. The average molecular weight is 248 g/mol. The monoisotopic (exact) mass is 248 g/mol. The molecule has 1 heterocycles. The SMILES string of the molecule is CCC(CC)NCCn1ccc2cc(F)ccc21. The van der Waals surface area contributed by atoms with E-state index in [9.17, 15) is 4.39 Å². The summed E-state index contributed by atoms with van der Waals surface area (Å²) >= 11 is 0. The molecule has 0 unspecified atom stereocenters. The summed E-state index contributed by atoms with van der Waals surface area (Å²) in [5.74, 6) is -0.171. The molecule has 0 atom stereocenters. The second kappa shape index (κ2) is 6.01. The van der Waals surface area contributed by atoms with Crippen LogP contribution in [-0.2, 0) is 6.54 Å². The van der Waals surface area contributed by atoms with Gasteiger partial charge in [0.15, 0.2) is 0 Å². The van der Waals surface area contributed by atoms with Crippen molar-refractivity contribution in [2.75, 3.05) is 6.54 Å². The number of nitrogens with zero attached hydrogens (tertiary/aromatic N) is 1. The van der Waals surface area contributed by atoms with E-state index in [1.807, 2.05) is 18.3 Å². The molecule has 0 saturated heterocycles. The molecule has 2 aromatic rings. The third kappa shape index (κ3) is 2.91. The van der Waals surface area contributed by atoms with E-state index < -0.39 is 0 Å². The van der Waals surface area contributed by atoms with Crippen LogP contribution in [0.2, 0.25) is 0 Å². The van der Waals surface area contributed by atoms with Crippen LogP contribution in [0.1, 0.15) is 26.7 Å². The molecular formula is C15H21FN2. The second-order valence-corrected chi connectivity index (χ2v) is 4.68. The molecule has 0 amide bonds. The minimum Gasteiger partial charge on any atom is -0.346 e. The Hall–Kier alpha value is -1.35. The molecular weight excluding hydrogens is 227 g/mol. The van der Waals surface area contributed by atoms with Crippen LogP contribution in [0, 0.1) is 5.82 Å². The number of hydrogen-bond donors (Lipinski definition) is 1. The molecule has 0 aliphatic heterocycles. The summed E-state index contributed by atoms with van der Waals surface area (Å²) in [6.07, 6.45) is 4.35. The summed E-state index contributed by atoms with van der Waals surface area (Å²) in [5.41, 5.74) is 1.10. The Bertz CT molecular complexity index is 500. The zero-order valence-corrected chi connectivity index (χ0v) is 11.1. The van der Waals surface area contributed by atoms with Crippen molar-refractivity contribution in [3.05, 3.63) is 36.3 Å². The first kappa shape index (κ1) is 13.1. The maximum absolute atomic E-state index is 13.1. The van der Waals surface area contributed by atoms with Crippen molar-refractivity contribution in [2.24, 2.45) is 0 Å². The molecule has 0 radical (unpaired) electrons. The van der Waals surface area contributed by atoms with Crippen molar-refractivity contribution >= 4 is 10.9 Å². The summed E-state index contributed by atoms with van der Waals surface area (Å²) in [4.78, 5) is 0. The second-order valence-electron chi connectivity index (χ2n) is 4.68. The highest BCUT2D eigenvalue weighted by molar-refractivity contribution is 5.80. The Morgan fingerprint density at radius 3 is 2.72 bits per heavy atom. The van der Waals surface area contributed by atoms with E-state index in [0.717, 1.165) is 36.8 Å². The average Bonchev–Trinajstić information content (AvgIpc) is 2.77. The van der Waals surface area contributed by atoms with E-state index in [2.05, 4.69) is 23.7 Å². The fraction of sp³-hybridized carbons (Fsp3) is 0.467. The molecule has 0 bridgehead atoms. The van der Waals surface area contributed by atoms with Crippen LogP contribution in [0.15, 0.2) is 30.5 Å². The van der Waals surface area contributed by atoms with Crippen LogP contribution < -0.4 is 5.32 Å². The predicted molar refractivity (Wildman–Crippen MR) is 74.3 cm³/mol. The Kier molecular flexibility index (Phi) is 4.37. The number of halogens is 1. The highest BCUT2D eigenvalue weighted by Gasteiger charge is 2.04. The molecule has 18 heavy (non-hydrogen) atoms. The first-order chi connectivity index (χ1) is 8.74. The topological polar surface area (TPSA) is 17.0 Å². The van der Waals surface area contributed by atoms with Crippen molar-refractivity contribution in [3.63, 3.8) is 0 Å². The van der Waals surface area contributed by atoms with Crippen molar-refractivity contribution in [2.45, 2.75) is 39.3 Å². The maximum atomic E-state index is 13.1. The Balaban J connectivity index is 2.00. The summed E-state index contributed by atoms with van der Waals surface area (Å²) < 4.78 is 15.2. The van der Waals surface area contributed by atoms with Crippen molar-refractivity contribution in [3.8, 4) is 0 Å². The van der Waals surface area contributed by atoms with Crippen LogP contribution in [0.4, 0.5) is 4.39 Å². The molecule has 1 aromatic heterocycles. The molecule has 0 fully saturated rings. The number of benzene rings is 1. The number of rotatable bonds is 6. The lowest BCUT2D eigenvalue weighted by atomic mass is 10.2. The first-order valence-corrected chi connectivity index (χ1v) is 6.72. The zero-order chi connectivity index (χ0) is 13.0. The highest BCUT2D eigenvalue weighted by atomic mass is 19.1. The largest absolute Gasteiger partial charge is 0.346 e. The molecule has 1 N–H and O–H groups in total. The van der Waals surface area contributed by atoms with Gasteiger partial charge in [0.1, 0.15) is 5.82 Å². The third-order valence-corrected chi connectivity index (χ3v) is 3.50. The van der Waals surface area contributed by atoms with Crippen LogP contribution in [-0.4, -0.2) is 17.2 Å². The molecule has 0 aliphatic carbocycles. The van der Waals surface area contributed by atoms with Crippen molar-refractivity contribution in [1.29, 1.82) is 0 Å². The van der Waals surface area contributed by atoms with Gasteiger partial charge in [0, 0.05) is 36.2 Å². The van der Waals surface area contributed by atoms with E-state index >= 15 is 0 Å². The number of hydrogen-bond acceptors (Lipinski definition) is 1. The van der Waals surface area contributed by atoms with Gasteiger partial charge >= 0.3 is 0 Å². The Labute approximate surface area is 108 Å². The fourth-order valence-corrected chi connectivity index (χ4v) is 2.33. The number of aromatic nitrogens is 1. The van der Waals surface area contributed by atoms with E-state index in [4.69, 9.17) is 0 Å². The quantitative estimate of drug-likeness (QED) is 0.827. The van der Waals surface area contributed by atoms with E-state index in [1.165, 1.54) is 6.07 Å². The smallest absolute Gasteiger partial charge is 0.123 e. The van der Waals surface area contributed by atoms with Crippen LogP contribution in [0.5, 0.6) is 0 Å². The molecule has 0 saturated carbocycles. The summed E-state index contributed by atoms with van der Waals surface area (Å²) in [6, 6.07) is 7.52. The van der Waals surface area contributed by atoms with Crippen LogP contribution in [0.25, 0.3) is 10.9 Å². The summed E-state index contributed by atoms with van der Waals surface area (Å²) in [6.45, 7) is 6.28.